The fourth-order valence-corrected chi connectivity index (χ4v) is 4.52. The molecule has 168 valence electrons. The highest BCUT2D eigenvalue weighted by molar-refractivity contribution is 6.36. The molecule has 6 nitrogen and oxygen atoms in total. The van der Waals surface area contributed by atoms with Crippen LogP contribution in [0.3, 0.4) is 0 Å². The second-order valence-electron chi connectivity index (χ2n) is 7.53. The zero-order chi connectivity index (χ0) is 23.1. The topological polar surface area (TPSA) is 69.9 Å². The number of ether oxygens (including phenoxy) is 1. The highest BCUT2D eigenvalue weighted by atomic mass is 35.5. The van der Waals surface area contributed by atoms with Gasteiger partial charge in [-0.2, -0.15) is 4.89 Å². The number of hydrogen-bond donors (Lipinski definition) is 1. The summed E-state index contributed by atoms with van der Waals surface area (Å²) in [5.41, 5.74) is 3.18. The van der Waals surface area contributed by atoms with E-state index in [0.717, 1.165) is 22.0 Å². The number of hydrogen-bond acceptors (Lipinski definition) is 4. The van der Waals surface area contributed by atoms with Crippen molar-refractivity contribution in [3.63, 3.8) is 0 Å². The van der Waals surface area contributed by atoms with Crippen molar-refractivity contribution in [1.82, 2.24) is 4.57 Å². The molecule has 0 unspecified atom stereocenters. The van der Waals surface area contributed by atoms with Crippen LogP contribution in [-0.4, -0.2) is 15.6 Å². The summed E-state index contributed by atoms with van der Waals surface area (Å²) in [7, 11) is 0. The molecular weight excluding hydrogens is 489 g/mol. The van der Waals surface area contributed by atoms with Gasteiger partial charge in [-0.3, -0.25) is 0 Å². The van der Waals surface area contributed by atoms with Gasteiger partial charge in [-0.15, -0.1) is 0 Å². The Bertz CT molecular complexity index is 1380. The highest BCUT2D eigenvalue weighted by Gasteiger charge is 2.20. The molecule has 1 aliphatic rings. The van der Waals surface area contributed by atoms with Crippen molar-refractivity contribution in [3.8, 4) is 11.5 Å². The van der Waals surface area contributed by atoms with Crippen molar-refractivity contribution < 1.29 is 24.4 Å². The van der Waals surface area contributed by atoms with E-state index in [1.54, 1.807) is 47.0 Å². The lowest BCUT2D eigenvalue weighted by Gasteiger charge is -2.12. The van der Waals surface area contributed by atoms with Gasteiger partial charge < -0.3 is 19.3 Å². The van der Waals surface area contributed by atoms with Crippen molar-refractivity contribution in [2.24, 2.45) is 0 Å². The molecule has 0 amide bonds. The molecule has 1 N–H and O–H groups in total. The predicted octanol–water partition coefficient (Wildman–Crippen LogP) is 6.75. The first-order valence-corrected chi connectivity index (χ1v) is 11.1. The summed E-state index contributed by atoms with van der Waals surface area (Å²) >= 11 is 18.9. The van der Waals surface area contributed by atoms with Gasteiger partial charge in [0.25, 0.3) is 0 Å². The summed E-state index contributed by atoms with van der Waals surface area (Å²) < 4.78 is 7.59. The molecule has 0 fully saturated rings. The van der Waals surface area contributed by atoms with Crippen molar-refractivity contribution in [2.45, 2.75) is 19.8 Å². The van der Waals surface area contributed by atoms with Gasteiger partial charge in [-0.1, -0.05) is 40.9 Å². The molecule has 5 rings (SSSR count). The van der Waals surface area contributed by atoms with Crippen LogP contribution >= 0.6 is 34.8 Å². The first kappa shape index (κ1) is 21.9. The molecule has 0 aliphatic carbocycles. The van der Waals surface area contributed by atoms with Gasteiger partial charge in [0, 0.05) is 49.7 Å². The van der Waals surface area contributed by atoms with Gasteiger partial charge in [0.2, 0.25) is 0 Å². The van der Waals surface area contributed by atoms with E-state index in [0.29, 0.717) is 38.7 Å². The summed E-state index contributed by atoms with van der Waals surface area (Å²) in [6.07, 6.45) is 0. The van der Waals surface area contributed by atoms with E-state index in [2.05, 4.69) is 0 Å². The summed E-state index contributed by atoms with van der Waals surface area (Å²) in [5, 5.41) is 12.0. The summed E-state index contributed by atoms with van der Waals surface area (Å²) in [6.45, 7) is 0.770. The maximum atomic E-state index is 12.0. The molecule has 1 aliphatic heterocycles. The van der Waals surface area contributed by atoms with E-state index in [-0.39, 0.29) is 18.8 Å². The number of carboxylic acid groups (broad SMARTS) is 1. The molecule has 3 aromatic carbocycles. The molecule has 0 radical (unpaired) electrons. The van der Waals surface area contributed by atoms with E-state index < -0.39 is 5.97 Å². The molecule has 0 atom stereocenters. The molecule has 1 aromatic heterocycles. The van der Waals surface area contributed by atoms with E-state index in [1.807, 2.05) is 12.1 Å². The van der Waals surface area contributed by atoms with Crippen LogP contribution in [0.15, 0.2) is 54.6 Å². The highest BCUT2D eigenvalue weighted by Crippen LogP contribution is 2.34. The summed E-state index contributed by atoms with van der Waals surface area (Å²) in [5.74, 6) is 0.0953. The largest absolute Gasteiger partial charge is 0.489 e. The summed E-state index contributed by atoms with van der Waals surface area (Å²) in [4.78, 5) is 22.0. The van der Waals surface area contributed by atoms with E-state index >= 15 is 0 Å². The molecule has 0 spiro atoms. The maximum Gasteiger partial charge on any atom is 0.352 e. The average Bonchev–Trinajstić information content (AvgIpc) is 3.37. The van der Waals surface area contributed by atoms with Gasteiger partial charge in [-0.05, 0) is 48.0 Å². The van der Waals surface area contributed by atoms with E-state index in [9.17, 15) is 9.90 Å². The number of fused-ring (bicyclic) bond motifs is 2. The third kappa shape index (κ3) is 4.23. The van der Waals surface area contributed by atoms with Crippen LogP contribution in [0, 0.1) is 0 Å². The Hall–Kier alpha value is -2.90. The third-order valence-corrected chi connectivity index (χ3v) is 6.52. The van der Waals surface area contributed by atoms with Gasteiger partial charge in [0.15, 0.2) is 5.75 Å². The molecule has 33 heavy (non-hydrogen) atoms. The molecule has 2 heterocycles. The van der Waals surface area contributed by atoms with E-state index in [4.69, 9.17) is 49.3 Å². The number of aromatic carboxylic acids is 1. The SMILES string of the molecule is O=C(O)c1cc2cc(OCc3c(Cl)cccc3Cl)ccc2n1Cc1cc2c(cc1Cl)OOC2. The molecule has 0 saturated carbocycles. The Morgan fingerprint density at radius 3 is 2.58 bits per heavy atom. The van der Waals surface area contributed by atoms with Gasteiger partial charge in [-0.25, -0.2) is 4.79 Å². The quantitative estimate of drug-likeness (QED) is 0.294. The Balaban J connectivity index is 1.47. The minimum Gasteiger partial charge on any atom is -0.489 e. The predicted molar refractivity (Wildman–Crippen MR) is 126 cm³/mol. The first-order valence-electron chi connectivity index (χ1n) is 9.94. The van der Waals surface area contributed by atoms with Gasteiger partial charge in [0.05, 0.1) is 0 Å². The maximum absolute atomic E-state index is 12.0. The molecular formula is C24H16Cl3NO5. The molecule has 4 aromatic rings. The van der Waals surface area contributed by atoms with Crippen LogP contribution in [0.2, 0.25) is 15.1 Å². The van der Waals surface area contributed by atoms with Crippen molar-refractivity contribution in [2.75, 3.05) is 0 Å². The Kier molecular flexibility index (Phi) is 5.85. The Morgan fingerprint density at radius 2 is 1.82 bits per heavy atom. The number of carbonyl (C=O) groups is 1. The fraction of sp³-hybridized carbons (Fsp3) is 0.125. The van der Waals surface area contributed by atoms with Crippen LogP contribution in [0.25, 0.3) is 10.9 Å². The smallest absolute Gasteiger partial charge is 0.352 e. The average molecular weight is 505 g/mol. The van der Waals surface area contributed by atoms with Crippen LogP contribution in [0.1, 0.15) is 27.2 Å². The minimum atomic E-state index is -1.04. The van der Waals surface area contributed by atoms with Crippen LogP contribution in [0.5, 0.6) is 11.5 Å². The third-order valence-electron chi connectivity index (χ3n) is 5.46. The van der Waals surface area contributed by atoms with Crippen molar-refractivity contribution >= 4 is 51.7 Å². The lowest BCUT2D eigenvalue weighted by Crippen LogP contribution is -2.09. The number of rotatable bonds is 6. The standard InChI is InChI=1S/C24H16Cl3NO5/c25-18-2-1-3-19(26)17(18)12-31-16-4-5-21-13(7-16)8-22(24(29)30)28(21)10-14-6-15-11-32-33-23(15)9-20(14)27/h1-9H,10-12H2,(H,29,30). The van der Waals surface area contributed by atoms with Crippen molar-refractivity contribution in [3.05, 3.63) is 92.0 Å². The number of aromatic nitrogens is 1. The van der Waals surface area contributed by atoms with E-state index in [1.165, 1.54) is 0 Å². The zero-order valence-electron chi connectivity index (χ0n) is 17.0. The lowest BCUT2D eigenvalue weighted by molar-refractivity contribution is -0.194. The number of carboxylic acids is 1. The Morgan fingerprint density at radius 1 is 1.03 bits per heavy atom. The summed E-state index contributed by atoms with van der Waals surface area (Å²) in [6, 6.07) is 15.8. The number of benzene rings is 3. The van der Waals surface area contributed by atoms with Gasteiger partial charge >= 0.3 is 5.97 Å². The normalized spacial score (nSPS) is 12.6. The minimum absolute atomic E-state index is 0.139. The second kappa shape index (κ2) is 8.80. The molecule has 9 heteroatoms. The molecule has 0 bridgehead atoms. The number of nitrogens with zero attached hydrogens (tertiary/aromatic N) is 1. The lowest BCUT2D eigenvalue weighted by atomic mass is 10.1. The van der Waals surface area contributed by atoms with Crippen LogP contribution in [-0.2, 0) is 24.6 Å². The molecule has 0 saturated heterocycles. The van der Waals surface area contributed by atoms with Crippen LogP contribution in [0.4, 0.5) is 0 Å². The number of halogens is 3. The first-order chi connectivity index (χ1) is 15.9. The van der Waals surface area contributed by atoms with Crippen molar-refractivity contribution in [1.29, 1.82) is 0 Å². The second-order valence-corrected chi connectivity index (χ2v) is 8.75. The zero-order valence-corrected chi connectivity index (χ0v) is 19.2. The fourth-order valence-electron chi connectivity index (χ4n) is 3.80. The Labute approximate surface area is 203 Å². The van der Waals surface area contributed by atoms with Crippen LogP contribution < -0.4 is 9.62 Å². The monoisotopic (exact) mass is 503 g/mol. The van der Waals surface area contributed by atoms with Gasteiger partial charge in [0.1, 0.15) is 24.7 Å².